The average molecular weight is 624 g/mol. The molecule has 0 aliphatic carbocycles. The van der Waals surface area contributed by atoms with Crippen LogP contribution in [0.1, 0.15) is 46.5 Å². The van der Waals surface area contributed by atoms with Crippen LogP contribution in [0.4, 0.5) is 8.78 Å². The topological polar surface area (TPSA) is 92.4 Å². The van der Waals surface area contributed by atoms with Gasteiger partial charge in [0.15, 0.2) is 0 Å². The first-order valence-electron chi connectivity index (χ1n) is 10.9. The molecule has 36 heavy (non-hydrogen) atoms. The van der Waals surface area contributed by atoms with Crippen molar-refractivity contribution in [1.29, 1.82) is 5.26 Å². The first kappa shape index (κ1) is 27.9. The molecule has 6 nitrogen and oxygen atoms in total. The van der Waals surface area contributed by atoms with E-state index in [-0.39, 0.29) is 36.5 Å². The number of esters is 1. The number of nitriles is 1. The fourth-order valence-electron chi connectivity index (χ4n) is 3.55. The fraction of sp³-hybridized carbons (Fsp3) is 0.269. The lowest BCUT2D eigenvalue weighted by Gasteiger charge is -2.23. The lowest BCUT2D eigenvalue weighted by molar-refractivity contribution is -0.142. The minimum atomic E-state index is -3.54. The van der Waals surface area contributed by atoms with Crippen molar-refractivity contribution in [2.45, 2.75) is 32.0 Å². The second kappa shape index (κ2) is 12.5. The molecule has 0 fully saturated rings. The maximum atomic E-state index is 15.4. The molecule has 0 amide bonds. The van der Waals surface area contributed by atoms with E-state index in [2.05, 4.69) is 36.8 Å². The molecule has 0 aliphatic rings. The highest BCUT2D eigenvalue weighted by Crippen LogP contribution is 2.37. The van der Waals surface area contributed by atoms with Gasteiger partial charge in [-0.1, -0.05) is 34.1 Å². The number of benzene rings is 2. The van der Waals surface area contributed by atoms with Gasteiger partial charge < -0.3 is 14.6 Å². The van der Waals surface area contributed by atoms with Gasteiger partial charge in [0.2, 0.25) is 0 Å². The van der Waals surface area contributed by atoms with Crippen molar-refractivity contribution in [1.82, 2.24) is 4.98 Å². The van der Waals surface area contributed by atoms with E-state index >= 15 is 8.78 Å². The molecule has 2 aromatic carbocycles. The average Bonchev–Trinajstić information content (AvgIpc) is 2.85. The van der Waals surface area contributed by atoms with Gasteiger partial charge in [-0.15, -0.1) is 0 Å². The van der Waals surface area contributed by atoms with Crippen molar-refractivity contribution < 1.29 is 28.2 Å². The molecular weight excluding hydrogens is 602 g/mol. The third kappa shape index (κ3) is 7.17. The number of alkyl halides is 2. The van der Waals surface area contributed by atoms with E-state index in [4.69, 9.17) is 9.47 Å². The van der Waals surface area contributed by atoms with Crippen LogP contribution in [0, 0.1) is 11.3 Å². The molecule has 1 unspecified atom stereocenters. The second-order valence-corrected chi connectivity index (χ2v) is 9.52. The van der Waals surface area contributed by atoms with Crippen molar-refractivity contribution in [2.24, 2.45) is 0 Å². The summed E-state index contributed by atoms with van der Waals surface area (Å²) in [4.78, 5) is 16.1. The lowest BCUT2D eigenvalue weighted by Crippen LogP contribution is -2.24. The SMILES string of the molecule is CCOC(=O)Cc1ccc(Br)cc1COCC(F)(F)c1cc(C#N)ccc1C(O)c1cccc(Br)n1. The lowest BCUT2D eigenvalue weighted by atomic mass is 9.94. The largest absolute Gasteiger partial charge is 0.466 e. The number of pyridine rings is 1. The normalized spacial score (nSPS) is 12.1. The standard InChI is InChI=1S/C26H22Br2F2N2O4/c1-2-36-24(33)12-17-7-8-19(27)11-18(17)14-35-15-26(29,30)21-10-16(13-31)6-9-20(21)25(34)22-4-3-5-23(28)32-22/h3-11,25,34H,2,12,14-15H2,1H3. The van der Waals surface area contributed by atoms with Crippen LogP contribution in [0.15, 0.2) is 63.7 Å². The third-order valence-corrected chi connectivity index (χ3v) is 6.17. The molecule has 1 N–H and O–H groups in total. The van der Waals surface area contributed by atoms with Gasteiger partial charge in [-0.2, -0.15) is 14.0 Å². The first-order chi connectivity index (χ1) is 17.1. The number of aliphatic hydroxyl groups is 1. The molecule has 0 spiro atoms. The monoisotopic (exact) mass is 622 g/mol. The van der Waals surface area contributed by atoms with E-state index in [0.717, 1.165) is 6.07 Å². The van der Waals surface area contributed by atoms with Crippen molar-refractivity contribution in [3.63, 3.8) is 0 Å². The minimum Gasteiger partial charge on any atom is -0.466 e. The van der Waals surface area contributed by atoms with E-state index < -0.39 is 30.2 Å². The number of aromatic nitrogens is 1. The predicted octanol–water partition coefficient (Wildman–Crippen LogP) is 5.97. The number of carbonyl (C=O) groups excluding carboxylic acids is 1. The highest BCUT2D eigenvalue weighted by atomic mass is 79.9. The highest BCUT2D eigenvalue weighted by molar-refractivity contribution is 9.10. The molecule has 1 atom stereocenters. The molecule has 0 bridgehead atoms. The number of ether oxygens (including phenoxy) is 2. The van der Waals surface area contributed by atoms with Gasteiger partial charge in [-0.3, -0.25) is 4.79 Å². The van der Waals surface area contributed by atoms with Gasteiger partial charge in [0.1, 0.15) is 17.3 Å². The summed E-state index contributed by atoms with van der Waals surface area (Å²) in [5.74, 6) is -3.97. The van der Waals surface area contributed by atoms with Crippen LogP contribution in [-0.4, -0.2) is 29.3 Å². The second-order valence-electron chi connectivity index (χ2n) is 7.79. The summed E-state index contributed by atoms with van der Waals surface area (Å²) in [6.45, 7) is 0.731. The zero-order valence-corrected chi connectivity index (χ0v) is 22.4. The molecule has 0 saturated heterocycles. The summed E-state index contributed by atoms with van der Waals surface area (Å²) in [6, 6.07) is 15.5. The predicted molar refractivity (Wildman–Crippen MR) is 135 cm³/mol. The minimum absolute atomic E-state index is 0.0175. The Morgan fingerprint density at radius 2 is 1.94 bits per heavy atom. The van der Waals surface area contributed by atoms with Gasteiger partial charge in [-0.25, -0.2) is 4.98 Å². The summed E-state index contributed by atoms with van der Waals surface area (Å²) in [6.07, 6.45) is -1.46. The number of aliphatic hydroxyl groups excluding tert-OH is 1. The smallest absolute Gasteiger partial charge is 0.310 e. The van der Waals surface area contributed by atoms with Crippen LogP contribution >= 0.6 is 31.9 Å². The molecule has 10 heteroatoms. The van der Waals surface area contributed by atoms with Crippen molar-refractivity contribution >= 4 is 37.8 Å². The van der Waals surface area contributed by atoms with Crippen molar-refractivity contribution in [3.8, 4) is 6.07 Å². The van der Waals surface area contributed by atoms with E-state index in [9.17, 15) is 15.2 Å². The molecule has 0 radical (unpaired) electrons. The summed E-state index contributed by atoms with van der Waals surface area (Å²) in [5.41, 5.74) is 0.729. The van der Waals surface area contributed by atoms with E-state index in [1.165, 1.54) is 18.2 Å². The highest BCUT2D eigenvalue weighted by Gasteiger charge is 2.37. The Bertz CT molecular complexity index is 1280. The van der Waals surface area contributed by atoms with Crippen LogP contribution < -0.4 is 0 Å². The molecule has 0 aliphatic heterocycles. The van der Waals surface area contributed by atoms with E-state index in [1.54, 1.807) is 37.3 Å². The Morgan fingerprint density at radius 1 is 1.17 bits per heavy atom. The first-order valence-corrected chi connectivity index (χ1v) is 12.5. The van der Waals surface area contributed by atoms with Crippen LogP contribution in [0.3, 0.4) is 0 Å². The molecule has 1 heterocycles. The molecular formula is C26H22Br2F2N2O4. The van der Waals surface area contributed by atoms with Gasteiger partial charge in [0.25, 0.3) is 5.92 Å². The summed E-state index contributed by atoms with van der Waals surface area (Å²) in [5, 5.41) is 20.1. The zero-order valence-electron chi connectivity index (χ0n) is 19.2. The van der Waals surface area contributed by atoms with Crippen LogP contribution in [0.25, 0.3) is 0 Å². The van der Waals surface area contributed by atoms with Gasteiger partial charge in [0, 0.05) is 10.0 Å². The number of rotatable bonds is 10. The number of hydrogen-bond acceptors (Lipinski definition) is 6. The Hall–Kier alpha value is -2.71. The van der Waals surface area contributed by atoms with Gasteiger partial charge in [0.05, 0.1) is 37.0 Å². The van der Waals surface area contributed by atoms with E-state index in [1.807, 2.05) is 6.07 Å². The van der Waals surface area contributed by atoms with Gasteiger partial charge in [-0.05, 0) is 75.9 Å². The Balaban J connectivity index is 1.84. The molecule has 0 saturated carbocycles. The summed E-state index contributed by atoms with van der Waals surface area (Å²) >= 11 is 6.55. The van der Waals surface area contributed by atoms with Crippen LogP contribution in [0.5, 0.6) is 0 Å². The van der Waals surface area contributed by atoms with Crippen molar-refractivity contribution in [3.05, 3.63) is 97.2 Å². The molecule has 1 aromatic heterocycles. The van der Waals surface area contributed by atoms with Crippen LogP contribution in [-0.2, 0) is 33.2 Å². The Kier molecular flexibility index (Phi) is 9.68. The van der Waals surface area contributed by atoms with Gasteiger partial charge >= 0.3 is 5.97 Å². The summed E-state index contributed by atoms with van der Waals surface area (Å²) < 4.78 is 42.4. The van der Waals surface area contributed by atoms with Crippen LogP contribution in [0.2, 0.25) is 0 Å². The van der Waals surface area contributed by atoms with Crippen molar-refractivity contribution in [2.75, 3.05) is 13.2 Å². The fourth-order valence-corrected chi connectivity index (χ4v) is 4.32. The zero-order chi connectivity index (χ0) is 26.3. The maximum Gasteiger partial charge on any atom is 0.310 e. The number of hydrogen-bond donors (Lipinski definition) is 1. The maximum absolute atomic E-state index is 15.4. The Morgan fingerprint density at radius 3 is 2.64 bits per heavy atom. The van der Waals surface area contributed by atoms with E-state index in [0.29, 0.717) is 20.2 Å². The quantitative estimate of drug-likeness (QED) is 0.221. The molecule has 188 valence electrons. The Labute approximate surface area is 224 Å². The number of nitrogens with zero attached hydrogens (tertiary/aromatic N) is 2. The third-order valence-electron chi connectivity index (χ3n) is 5.24. The number of halogens is 4. The number of carbonyl (C=O) groups is 1. The summed E-state index contributed by atoms with van der Waals surface area (Å²) in [7, 11) is 0. The molecule has 3 rings (SSSR count). The molecule has 3 aromatic rings.